The lowest BCUT2D eigenvalue weighted by Gasteiger charge is -2.59. The molecule has 4 N–H and O–H groups in total. The van der Waals surface area contributed by atoms with E-state index in [0.29, 0.717) is 55.0 Å². The van der Waals surface area contributed by atoms with Gasteiger partial charge in [-0.3, -0.25) is 15.0 Å². The molecule has 1 heterocycles. The Morgan fingerprint density at radius 1 is 0.915 bits per heavy atom. The van der Waals surface area contributed by atoms with Crippen molar-refractivity contribution >= 4 is 23.6 Å². The molecule has 0 radical (unpaired) electrons. The van der Waals surface area contributed by atoms with Crippen molar-refractivity contribution in [2.75, 3.05) is 59.3 Å². The van der Waals surface area contributed by atoms with Crippen molar-refractivity contribution in [3.63, 3.8) is 0 Å². The summed E-state index contributed by atoms with van der Waals surface area (Å²) < 4.78 is 31.7. The molecule has 1 fully saturated rings. The Morgan fingerprint density at radius 3 is 2.28 bits per heavy atom. The van der Waals surface area contributed by atoms with Crippen LogP contribution in [0, 0.1) is 27.9 Å². The van der Waals surface area contributed by atoms with Gasteiger partial charge in [0, 0.05) is 56.3 Å². The molecule has 0 saturated heterocycles. The molecule has 17 heteroatoms. The van der Waals surface area contributed by atoms with Gasteiger partial charge in [0.1, 0.15) is 24.1 Å². The maximum Gasteiger partial charge on any atom is 0.412 e. The number of allylic oxidation sites excluding steroid dienone is 1. The van der Waals surface area contributed by atoms with E-state index in [-0.39, 0.29) is 83.3 Å². The van der Waals surface area contributed by atoms with E-state index in [4.69, 9.17) is 33.7 Å². The number of hydrogen-bond acceptors (Lipinski definition) is 14. The summed E-state index contributed by atoms with van der Waals surface area (Å²) in [6.45, 7) is 8.55. The number of amides is 2. The third-order valence-electron chi connectivity index (χ3n) is 13.8. The van der Waals surface area contributed by atoms with Gasteiger partial charge in [-0.1, -0.05) is 94.9 Å². The first-order valence-electron chi connectivity index (χ1n) is 26.2. The fourth-order valence-corrected chi connectivity index (χ4v) is 10.5. The minimum atomic E-state index is -1.58. The average molecular weight is 993 g/mol. The number of nitrogens with one attached hydrogen (secondary N) is 1. The summed E-state index contributed by atoms with van der Waals surface area (Å²) in [6, 6.07) is 10.5. The van der Waals surface area contributed by atoms with E-state index in [2.05, 4.69) is 24.9 Å². The fourth-order valence-electron chi connectivity index (χ4n) is 10.5. The van der Waals surface area contributed by atoms with Crippen LogP contribution in [0.5, 0.6) is 11.5 Å². The van der Waals surface area contributed by atoms with Crippen LogP contribution in [-0.4, -0.2) is 114 Å². The standard InChI is InChI=1S/C54H80N4O13/c1-4-7-8-9-10-11-12-13-14-17-28-55-52(62)70-43-26-27-48-46(37-43)50-44(21-16-19-31-60)41(20-15-18-30-59)36-45-47(56-69-39-40-22-24-42(25-23-40)58(64)65)38-49(54(71-48,51(45)50)68-33-5-2)57(53(63)67-6-3)29-34-66-35-32-61/h5,22-27,36-37,41,44,49-51,59-61H,2,4,6-21,28-35,38-39H2,1,3H3,(H,55,62)/t41-,44+,49-,50+,51+,54+/m0/s1. The topological polar surface area (TPSA) is 221 Å². The summed E-state index contributed by atoms with van der Waals surface area (Å²) >= 11 is 0. The molecular formula is C54H80N4O13. The van der Waals surface area contributed by atoms with Crippen molar-refractivity contribution in [2.45, 2.75) is 147 Å². The quantitative estimate of drug-likeness (QED) is 0.0222. The molecule has 71 heavy (non-hydrogen) atoms. The molecule has 6 atom stereocenters. The van der Waals surface area contributed by atoms with Gasteiger partial charge in [0.25, 0.3) is 5.69 Å². The Bertz CT molecular complexity index is 2010. The van der Waals surface area contributed by atoms with Crippen LogP contribution in [0.25, 0.3) is 0 Å². The summed E-state index contributed by atoms with van der Waals surface area (Å²) in [5, 5.41) is 48.6. The fraction of sp³-hybridized carbons (Fsp3) is 0.648. The highest BCUT2D eigenvalue weighted by atomic mass is 16.7. The molecular weight excluding hydrogens is 913 g/mol. The third-order valence-corrected chi connectivity index (χ3v) is 13.8. The number of carbonyl (C=O) groups is 2. The van der Waals surface area contributed by atoms with E-state index in [1.165, 1.54) is 57.1 Å². The first-order chi connectivity index (χ1) is 34.7. The van der Waals surface area contributed by atoms with Gasteiger partial charge in [-0.25, -0.2) is 9.59 Å². The first-order valence-corrected chi connectivity index (χ1v) is 26.2. The van der Waals surface area contributed by atoms with Crippen LogP contribution >= 0.6 is 0 Å². The molecule has 0 aromatic heterocycles. The predicted molar refractivity (Wildman–Crippen MR) is 270 cm³/mol. The van der Waals surface area contributed by atoms with Crippen molar-refractivity contribution < 1.29 is 58.4 Å². The molecule has 1 aliphatic heterocycles. The molecule has 0 unspecified atom stereocenters. The van der Waals surface area contributed by atoms with Gasteiger partial charge >= 0.3 is 12.2 Å². The van der Waals surface area contributed by atoms with Crippen molar-refractivity contribution in [3.8, 4) is 11.5 Å². The van der Waals surface area contributed by atoms with Gasteiger partial charge in [0.2, 0.25) is 5.79 Å². The largest absolute Gasteiger partial charge is 0.459 e. The highest BCUT2D eigenvalue weighted by Gasteiger charge is 2.65. The summed E-state index contributed by atoms with van der Waals surface area (Å²) in [6.07, 6.45) is 18.6. The Hall–Kier alpha value is -5.07. The summed E-state index contributed by atoms with van der Waals surface area (Å²) in [7, 11) is 0. The summed E-state index contributed by atoms with van der Waals surface area (Å²) in [4.78, 5) is 46.2. The maximum atomic E-state index is 14.3. The van der Waals surface area contributed by atoms with Crippen LogP contribution in [0.1, 0.15) is 140 Å². The van der Waals surface area contributed by atoms with Crippen molar-refractivity contribution in [3.05, 3.63) is 88.0 Å². The normalized spacial score (nSPS) is 21.6. The van der Waals surface area contributed by atoms with E-state index in [1.807, 2.05) is 6.07 Å². The number of nitro groups is 1. The Balaban J connectivity index is 1.58. The predicted octanol–water partition coefficient (Wildman–Crippen LogP) is 9.91. The zero-order valence-electron chi connectivity index (χ0n) is 42.1. The number of aliphatic hydroxyl groups excluding tert-OH is 3. The number of unbranched alkanes of at least 4 members (excludes halogenated alkanes) is 11. The second kappa shape index (κ2) is 30.7. The third kappa shape index (κ3) is 16.2. The summed E-state index contributed by atoms with van der Waals surface area (Å²) in [5.74, 6) is -1.96. The smallest absolute Gasteiger partial charge is 0.412 e. The lowest BCUT2D eigenvalue weighted by Crippen LogP contribution is -2.70. The number of nitro benzene ring substituents is 1. The number of rotatable bonds is 34. The number of oxime groups is 1. The molecule has 0 bridgehead atoms. The number of nitrogens with zero attached hydrogens (tertiary/aromatic N) is 3. The Kier molecular flexibility index (Phi) is 24.6. The summed E-state index contributed by atoms with van der Waals surface area (Å²) in [5.41, 5.74) is 2.70. The monoisotopic (exact) mass is 993 g/mol. The van der Waals surface area contributed by atoms with E-state index in [9.17, 15) is 35.0 Å². The van der Waals surface area contributed by atoms with Crippen molar-refractivity contribution in [1.82, 2.24) is 10.2 Å². The van der Waals surface area contributed by atoms with Gasteiger partial charge < -0.3 is 49.2 Å². The molecule has 2 aromatic carbocycles. The number of fused-ring (bicyclic) bond motifs is 2. The minimum Gasteiger partial charge on any atom is -0.459 e. The van der Waals surface area contributed by atoms with Crippen LogP contribution in [0.2, 0.25) is 0 Å². The second-order valence-electron chi connectivity index (χ2n) is 18.7. The lowest BCUT2D eigenvalue weighted by atomic mass is 9.55. The van der Waals surface area contributed by atoms with E-state index < -0.39 is 40.8 Å². The number of hydrogen-bond donors (Lipinski definition) is 4. The van der Waals surface area contributed by atoms with E-state index >= 15 is 0 Å². The van der Waals surface area contributed by atoms with Gasteiger partial charge in [-0.05, 0) is 92.3 Å². The van der Waals surface area contributed by atoms with Crippen LogP contribution < -0.4 is 14.8 Å². The zero-order valence-corrected chi connectivity index (χ0v) is 42.1. The van der Waals surface area contributed by atoms with Crippen LogP contribution in [0.4, 0.5) is 15.3 Å². The zero-order chi connectivity index (χ0) is 50.9. The maximum absolute atomic E-state index is 14.3. The molecule has 0 spiro atoms. The van der Waals surface area contributed by atoms with Crippen LogP contribution in [0.3, 0.4) is 0 Å². The van der Waals surface area contributed by atoms with Gasteiger partial charge in [0.05, 0.1) is 49.6 Å². The highest BCUT2D eigenvalue weighted by molar-refractivity contribution is 6.03. The molecule has 2 aliphatic carbocycles. The second-order valence-corrected chi connectivity index (χ2v) is 18.7. The average Bonchev–Trinajstić information content (AvgIpc) is 3.36. The minimum absolute atomic E-state index is 0.00671. The van der Waals surface area contributed by atoms with Gasteiger partial charge in [-0.15, -0.1) is 6.58 Å². The number of non-ortho nitro benzene ring substituents is 1. The van der Waals surface area contributed by atoms with Gasteiger partial charge in [-0.2, -0.15) is 0 Å². The Morgan fingerprint density at radius 2 is 1.62 bits per heavy atom. The molecule has 3 aliphatic rings. The first kappa shape index (κ1) is 56.8. The SMILES string of the molecule is C=CCO[C@@]12Oc3ccc(OC(=O)NCCCCCCCCCCCC)cc3[C@H]3[C@H](CCCCO)[C@@H](CCCCO)C=C(C(=NOCc4ccc([N+](=O)[O-])cc4)C[C@@H]1N(CCOCCO)C(=O)OCC)[C@H]32. The van der Waals surface area contributed by atoms with Crippen molar-refractivity contribution in [1.29, 1.82) is 0 Å². The lowest BCUT2D eigenvalue weighted by molar-refractivity contribution is -0.384. The van der Waals surface area contributed by atoms with Crippen LogP contribution in [0.15, 0.2) is 71.9 Å². The van der Waals surface area contributed by atoms with Gasteiger partial charge in [0.15, 0.2) is 0 Å². The number of benzene rings is 2. The molecule has 2 aromatic rings. The van der Waals surface area contributed by atoms with Crippen LogP contribution in [-0.2, 0) is 25.7 Å². The number of ether oxygens (including phenoxy) is 5. The Labute approximate surface area is 420 Å². The van der Waals surface area contributed by atoms with E-state index in [1.54, 1.807) is 42.2 Å². The molecule has 394 valence electrons. The number of carbonyl (C=O) groups excluding carboxylic acids is 2. The molecule has 17 nitrogen and oxygen atoms in total. The molecule has 1 saturated carbocycles. The molecule has 5 rings (SSSR count). The van der Waals surface area contributed by atoms with E-state index in [0.717, 1.165) is 43.2 Å². The molecule has 2 amide bonds. The van der Waals surface area contributed by atoms with Crippen molar-refractivity contribution in [2.24, 2.45) is 22.9 Å². The number of aliphatic hydroxyl groups is 3. The highest BCUT2D eigenvalue weighted by Crippen LogP contribution is 2.62.